The number of thiophene rings is 1. The molecule has 2 aromatic heterocycles. The number of anilines is 1. The van der Waals surface area contributed by atoms with Crippen LogP contribution in [-0.2, 0) is 0 Å². The molecule has 0 amide bonds. The first-order chi connectivity index (χ1) is 10.0. The van der Waals surface area contributed by atoms with Crippen molar-refractivity contribution in [3.63, 3.8) is 0 Å². The van der Waals surface area contributed by atoms with Gasteiger partial charge in [0.1, 0.15) is 5.82 Å². The van der Waals surface area contributed by atoms with Gasteiger partial charge in [0.25, 0.3) is 0 Å². The van der Waals surface area contributed by atoms with Gasteiger partial charge in [0.2, 0.25) is 0 Å². The normalized spacial score (nSPS) is 12.6. The van der Waals surface area contributed by atoms with Gasteiger partial charge in [-0.05, 0) is 30.0 Å². The molecular weight excluding hydrogens is 297 g/mol. The van der Waals surface area contributed by atoms with Crippen molar-refractivity contribution in [1.82, 2.24) is 4.98 Å². The fourth-order valence-corrected chi connectivity index (χ4v) is 2.87. The molecule has 0 aliphatic rings. The minimum atomic E-state index is -1.21. The number of aromatic nitrogens is 1. The number of pyridine rings is 1. The van der Waals surface area contributed by atoms with Gasteiger partial charge in [0.05, 0.1) is 21.9 Å². The van der Waals surface area contributed by atoms with E-state index in [9.17, 15) is 13.2 Å². The maximum absolute atomic E-state index is 13.6. The number of hydrogen-bond acceptors (Lipinski definition) is 3. The van der Waals surface area contributed by atoms with Gasteiger partial charge in [-0.15, -0.1) is 11.3 Å². The van der Waals surface area contributed by atoms with Crippen molar-refractivity contribution in [3.8, 4) is 0 Å². The van der Waals surface area contributed by atoms with E-state index in [-0.39, 0.29) is 11.7 Å². The minimum absolute atomic E-state index is 0.203. The molecule has 1 atom stereocenters. The van der Waals surface area contributed by atoms with E-state index < -0.39 is 17.5 Å². The third-order valence-corrected chi connectivity index (χ3v) is 4.04. The molecule has 0 spiro atoms. The number of rotatable bonds is 3. The Morgan fingerprint density at radius 2 is 2.00 bits per heavy atom. The summed E-state index contributed by atoms with van der Waals surface area (Å²) in [7, 11) is 0. The zero-order valence-electron chi connectivity index (χ0n) is 11.0. The van der Waals surface area contributed by atoms with Crippen LogP contribution in [0.25, 0.3) is 10.2 Å². The molecular formula is C15H11F3N2S. The maximum Gasteiger partial charge on any atom is 0.182 e. The lowest BCUT2D eigenvalue weighted by Gasteiger charge is -2.16. The number of benzene rings is 1. The number of halogens is 3. The fraction of sp³-hybridized carbons (Fsp3) is 0.133. The Balaban J connectivity index is 1.90. The molecule has 6 heteroatoms. The summed E-state index contributed by atoms with van der Waals surface area (Å²) in [6.45, 7) is 1.78. The second-order valence-corrected chi connectivity index (χ2v) is 5.64. The lowest BCUT2D eigenvalue weighted by molar-refractivity contribution is 0.496. The van der Waals surface area contributed by atoms with Crippen molar-refractivity contribution in [1.29, 1.82) is 0 Å². The number of fused-ring (bicyclic) bond motifs is 1. The fourth-order valence-electron chi connectivity index (χ4n) is 2.08. The zero-order chi connectivity index (χ0) is 15.0. The Bertz CT molecular complexity index is 801. The highest BCUT2D eigenvalue weighted by molar-refractivity contribution is 7.17. The van der Waals surface area contributed by atoms with Gasteiger partial charge in [-0.3, -0.25) is 4.98 Å². The van der Waals surface area contributed by atoms with Crippen molar-refractivity contribution < 1.29 is 13.2 Å². The van der Waals surface area contributed by atoms with Crippen LogP contribution in [0, 0.1) is 17.5 Å². The van der Waals surface area contributed by atoms with Crippen LogP contribution in [0.3, 0.4) is 0 Å². The van der Waals surface area contributed by atoms with E-state index in [2.05, 4.69) is 10.3 Å². The van der Waals surface area contributed by atoms with Crippen molar-refractivity contribution in [2.45, 2.75) is 13.0 Å². The molecule has 2 nitrogen and oxygen atoms in total. The van der Waals surface area contributed by atoms with E-state index in [0.717, 1.165) is 21.8 Å². The quantitative estimate of drug-likeness (QED) is 0.697. The lowest BCUT2D eigenvalue weighted by atomic mass is 10.1. The van der Waals surface area contributed by atoms with E-state index in [1.807, 2.05) is 17.5 Å². The Hall–Kier alpha value is -2.08. The molecule has 0 fully saturated rings. The molecule has 108 valence electrons. The van der Waals surface area contributed by atoms with Crippen molar-refractivity contribution in [3.05, 3.63) is 58.9 Å². The summed E-state index contributed by atoms with van der Waals surface area (Å²) in [5.74, 6) is -3.12. The highest BCUT2D eigenvalue weighted by atomic mass is 32.1. The van der Waals surface area contributed by atoms with Crippen LogP contribution < -0.4 is 5.32 Å². The van der Waals surface area contributed by atoms with Gasteiger partial charge in [-0.2, -0.15) is 0 Å². The van der Waals surface area contributed by atoms with E-state index in [0.29, 0.717) is 6.07 Å². The molecule has 0 aliphatic heterocycles. The standard InChI is InChI=1S/C15H11F3N2S/c1-8(9-4-14-12(19-7-9)2-3-21-14)20-13-6-10(16)5-11(17)15(13)18/h2-8,20H,1H3. The molecule has 1 N–H and O–H groups in total. The third kappa shape index (κ3) is 2.71. The van der Waals surface area contributed by atoms with Crippen LogP contribution in [0.1, 0.15) is 18.5 Å². The predicted octanol–water partition coefficient (Wildman–Crippen LogP) is 4.89. The smallest absolute Gasteiger partial charge is 0.182 e. The van der Waals surface area contributed by atoms with Crippen molar-refractivity contribution in [2.24, 2.45) is 0 Å². The molecule has 3 aromatic rings. The highest BCUT2D eigenvalue weighted by Crippen LogP contribution is 2.27. The third-order valence-electron chi connectivity index (χ3n) is 3.19. The van der Waals surface area contributed by atoms with E-state index in [1.165, 1.54) is 0 Å². The molecule has 2 heterocycles. The number of nitrogens with one attached hydrogen (secondary N) is 1. The Labute approximate surface area is 123 Å². The first-order valence-corrected chi connectivity index (χ1v) is 7.17. The highest BCUT2D eigenvalue weighted by Gasteiger charge is 2.14. The van der Waals surface area contributed by atoms with Crippen molar-refractivity contribution in [2.75, 3.05) is 5.32 Å². The summed E-state index contributed by atoms with van der Waals surface area (Å²) in [5.41, 5.74) is 1.50. The molecule has 0 radical (unpaired) electrons. The second kappa shape index (κ2) is 5.37. The Morgan fingerprint density at radius 1 is 1.19 bits per heavy atom. The molecule has 0 aliphatic carbocycles. The largest absolute Gasteiger partial charge is 0.376 e. The lowest BCUT2D eigenvalue weighted by Crippen LogP contribution is -2.09. The summed E-state index contributed by atoms with van der Waals surface area (Å²) in [5, 5.41) is 4.71. The van der Waals surface area contributed by atoms with Gasteiger partial charge in [0.15, 0.2) is 11.6 Å². The first-order valence-electron chi connectivity index (χ1n) is 6.29. The van der Waals surface area contributed by atoms with Crippen LogP contribution >= 0.6 is 11.3 Å². The second-order valence-electron chi connectivity index (χ2n) is 4.69. The summed E-state index contributed by atoms with van der Waals surface area (Å²) in [4.78, 5) is 4.29. The van der Waals surface area contributed by atoms with Crippen LogP contribution in [0.15, 0.2) is 35.8 Å². The Kier molecular flexibility index (Phi) is 3.55. The van der Waals surface area contributed by atoms with Crippen molar-refractivity contribution >= 4 is 27.2 Å². The van der Waals surface area contributed by atoms with Crippen LogP contribution in [0.2, 0.25) is 0 Å². The van der Waals surface area contributed by atoms with E-state index in [4.69, 9.17) is 0 Å². The topological polar surface area (TPSA) is 24.9 Å². The molecule has 0 bridgehead atoms. The summed E-state index contributed by atoms with van der Waals surface area (Å²) >= 11 is 1.55. The van der Waals surface area contributed by atoms with E-state index in [1.54, 1.807) is 24.5 Å². The van der Waals surface area contributed by atoms with Gasteiger partial charge >= 0.3 is 0 Å². The monoisotopic (exact) mass is 308 g/mol. The molecule has 21 heavy (non-hydrogen) atoms. The summed E-state index contributed by atoms with van der Waals surface area (Å²) in [6.07, 6.45) is 1.67. The average Bonchev–Trinajstić information content (AvgIpc) is 2.91. The average molecular weight is 308 g/mol. The zero-order valence-corrected chi connectivity index (χ0v) is 11.8. The first kappa shape index (κ1) is 13.9. The van der Waals surface area contributed by atoms with Crippen LogP contribution in [0.4, 0.5) is 18.9 Å². The SMILES string of the molecule is CC(Nc1cc(F)cc(F)c1F)c1cnc2ccsc2c1. The van der Waals surface area contributed by atoms with Gasteiger partial charge < -0.3 is 5.32 Å². The molecule has 1 unspecified atom stereocenters. The van der Waals surface area contributed by atoms with Gasteiger partial charge in [-0.25, -0.2) is 13.2 Å². The van der Waals surface area contributed by atoms with Crippen LogP contribution in [-0.4, -0.2) is 4.98 Å². The maximum atomic E-state index is 13.6. The summed E-state index contributed by atoms with van der Waals surface area (Å²) < 4.78 is 41.0. The number of nitrogens with zero attached hydrogens (tertiary/aromatic N) is 1. The number of hydrogen-bond donors (Lipinski definition) is 1. The van der Waals surface area contributed by atoms with Gasteiger partial charge in [0, 0.05) is 18.3 Å². The van der Waals surface area contributed by atoms with E-state index >= 15 is 0 Å². The predicted molar refractivity (Wildman–Crippen MR) is 78.0 cm³/mol. The molecule has 1 aromatic carbocycles. The summed E-state index contributed by atoms with van der Waals surface area (Å²) in [6, 6.07) is 4.96. The minimum Gasteiger partial charge on any atom is -0.376 e. The van der Waals surface area contributed by atoms with Gasteiger partial charge in [-0.1, -0.05) is 0 Å². The molecule has 3 rings (SSSR count). The Morgan fingerprint density at radius 3 is 2.81 bits per heavy atom. The van der Waals surface area contributed by atoms with Crippen LogP contribution in [0.5, 0.6) is 0 Å². The molecule has 0 saturated carbocycles. The molecule has 0 saturated heterocycles.